The average molecular weight is 348 g/mol. The summed E-state index contributed by atoms with van der Waals surface area (Å²) in [6.45, 7) is 0.653. The summed E-state index contributed by atoms with van der Waals surface area (Å²) in [6, 6.07) is 8.04. The van der Waals surface area contributed by atoms with Gasteiger partial charge in [0.25, 0.3) is 5.91 Å². The molecule has 1 aliphatic rings. The molecule has 4 nitrogen and oxygen atoms in total. The van der Waals surface area contributed by atoms with Gasteiger partial charge in [-0.3, -0.25) is 9.78 Å². The number of rotatable bonds is 5. The third-order valence-electron chi connectivity index (χ3n) is 4.71. The quantitative estimate of drug-likeness (QED) is 0.862. The number of benzene rings is 1. The summed E-state index contributed by atoms with van der Waals surface area (Å²) < 4.78 is 13.4. The lowest BCUT2D eigenvalue weighted by molar-refractivity contribution is 0.0995. The van der Waals surface area contributed by atoms with E-state index in [2.05, 4.69) is 10.3 Å². The van der Waals surface area contributed by atoms with E-state index in [0.29, 0.717) is 11.6 Å². The molecule has 24 heavy (non-hydrogen) atoms. The van der Waals surface area contributed by atoms with Crippen LogP contribution < -0.4 is 11.1 Å². The van der Waals surface area contributed by atoms with Gasteiger partial charge in [0, 0.05) is 28.9 Å². The maximum Gasteiger partial charge on any atom is 0.267 e. The third-order valence-corrected chi connectivity index (χ3v) is 5.02. The largest absolute Gasteiger partial charge is 0.384 e. The number of nitrogens with zero attached hydrogens (tertiary/aromatic N) is 1. The maximum absolute atomic E-state index is 13.4. The summed E-state index contributed by atoms with van der Waals surface area (Å²) in [7, 11) is 0. The van der Waals surface area contributed by atoms with E-state index >= 15 is 0 Å². The normalized spacial score (nSPS) is 16.1. The first-order chi connectivity index (χ1) is 11.5. The van der Waals surface area contributed by atoms with Crippen LogP contribution in [0.25, 0.3) is 0 Å². The first-order valence-electron chi connectivity index (χ1n) is 7.95. The predicted octanol–water partition coefficient (Wildman–Crippen LogP) is 3.90. The second kappa shape index (κ2) is 6.77. The second-order valence-corrected chi connectivity index (χ2v) is 6.67. The molecule has 126 valence electrons. The Morgan fingerprint density at radius 3 is 2.71 bits per heavy atom. The molecule has 1 heterocycles. The van der Waals surface area contributed by atoms with Crippen LogP contribution in [0.15, 0.2) is 36.5 Å². The third kappa shape index (κ3) is 3.36. The van der Waals surface area contributed by atoms with Crippen LogP contribution in [0.5, 0.6) is 0 Å². The lowest BCUT2D eigenvalue weighted by Gasteiger charge is -2.31. The number of carbonyl (C=O) groups excluding carboxylic acids is 1. The summed E-state index contributed by atoms with van der Waals surface area (Å²) in [5.41, 5.74) is 7.11. The van der Waals surface area contributed by atoms with Gasteiger partial charge in [-0.15, -0.1) is 0 Å². The van der Waals surface area contributed by atoms with Crippen LogP contribution in [-0.4, -0.2) is 17.4 Å². The van der Waals surface area contributed by atoms with Gasteiger partial charge in [0.2, 0.25) is 0 Å². The molecule has 1 aromatic carbocycles. The van der Waals surface area contributed by atoms with E-state index in [4.69, 9.17) is 17.3 Å². The first kappa shape index (κ1) is 16.7. The fourth-order valence-electron chi connectivity index (χ4n) is 3.46. The van der Waals surface area contributed by atoms with E-state index in [1.54, 1.807) is 24.4 Å². The van der Waals surface area contributed by atoms with Crippen molar-refractivity contribution in [2.75, 3.05) is 11.9 Å². The number of aromatic nitrogens is 1. The van der Waals surface area contributed by atoms with Gasteiger partial charge in [-0.25, -0.2) is 4.39 Å². The Hall–Kier alpha value is -2.14. The summed E-state index contributed by atoms with van der Waals surface area (Å²) in [5.74, 6) is -0.888. The maximum atomic E-state index is 13.4. The second-order valence-electron chi connectivity index (χ2n) is 6.26. The van der Waals surface area contributed by atoms with E-state index in [0.717, 1.165) is 36.9 Å². The number of nitrogens with two attached hydrogens (primary N) is 1. The van der Waals surface area contributed by atoms with Gasteiger partial charge in [0.1, 0.15) is 11.5 Å². The molecule has 0 spiro atoms. The standard InChI is InChI=1S/C18H19ClFN3O/c19-15-9-12(20)3-4-14(15)18(6-1-2-7-18)11-23-13-5-8-22-16(10-13)17(21)24/h3-5,8-10H,1-2,6-7,11H2,(H2,21,24)(H,22,23). The molecule has 0 aliphatic heterocycles. The van der Waals surface area contributed by atoms with Crippen molar-refractivity contribution < 1.29 is 9.18 Å². The van der Waals surface area contributed by atoms with Crippen molar-refractivity contribution in [2.24, 2.45) is 5.73 Å². The molecule has 3 rings (SSSR count). The molecule has 3 N–H and O–H groups in total. The van der Waals surface area contributed by atoms with Crippen molar-refractivity contribution in [3.05, 3.63) is 58.6 Å². The van der Waals surface area contributed by atoms with E-state index in [9.17, 15) is 9.18 Å². The summed E-state index contributed by atoms with van der Waals surface area (Å²) >= 11 is 6.31. The van der Waals surface area contributed by atoms with Crippen LogP contribution in [0.1, 0.15) is 41.7 Å². The van der Waals surface area contributed by atoms with Crippen molar-refractivity contribution in [3.63, 3.8) is 0 Å². The molecule has 6 heteroatoms. The van der Waals surface area contributed by atoms with Crippen molar-refractivity contribution in [2.45, 2.75) is 31.1 Å². The molecule has 1 aromatic heterocycles. The minimum Gasteiger partial charge on any atom is -0.384 e. The molecule has 0 atom stereocenters. The van der Waals surface area contributed by atoms with Gasteiger partial charge in [-0.05, 0) is 42.7 Å². The van der Waals surface area contributed by atoms with Crippen molar-refractivity contribution in [1.29, 1.82) is 0 Å². The monoisotopic (exact) mass is 347 g/mol. The minimum atomic E-state index is -0.559. The van der Waals surface area contributed by atoms with E-state index in [1.165, 1.54) is 12.1 Å². The number of pyridine rings is 1. The highest BCUT2D eigenvalue weighted by Gasteiger charge is 2.37. The Morgan fingerprint density at radius 1 is 1.29 bits per heavy atom. The van der Waals surface area contributed by atoms with Crippen molar-refractivity contribution in [1.82, 2.24) is 4.98 Å². The van der Waals surface area contributed by atoms with Crippen molar-refractivity contribution in [3.8, 4) is 0 Å². The van der Waals surface area contributed by atoms with E-state index < -0.39 is 5.91 Å². The number of halogens is 2. The van der Waals surface area contributed by atoms with Gasteiger partial charge < -0.3 is 11.1 Å². The number of hydrogen-bond donors (Lipinski definition) is 2. The number of carbonyl (C=O) groups is 1. The predicted molar refractivity (Wildman–Crippen MR) is 92.8 cm³/mol. The lowest BCUT2D eigenvalue weighted by Crippen LogP contribution is -2.32. The van der Waals surface area contributed by atoms with Crippen LogP contribution in [0, 0.1) is 5.82 Å². The van der Waals surface area contributed by atoms with Gasteiger partial charge in [0.15, 0.2) is 0 Å². The highest BCUT2D eigenvalue weighted by Crippen LogP contribution is 2.44. The molecule has 0 saturated heterocycles. The fraction of sp³-hybridized carbons (Fsp3) is 0.333. The molecule has 1 saturated carbocycles. The Labute approximate surface area is 145 Å². The number of primary amides is 1. The molecular weight excluding hydrogens is 329 g/mol. The highest BCUT2D eigenvalue weighted by atomic mass is 35.5. The molecule has 0 radical (unpaired) electrons. The SMILES string of the molecule is NC(=O)c1cc(NCC2(c3ccc(F)cc3Cl)CCCC2)ccn1. The van der Waals surface area contributed by atoms with Gasteiger partial charge in [-0.1, -0.05) is 30.5 Å². The molecular formula is C18H19ClFN3O. The molecule has 0 bridgehead atoms. The first-order valence-corrected chi connectivity index (χ1v) is 8.33. The number of hydrogen-bond acceptors (Lipinski definition) is 3. The zero-order valence-electron chi connectivity index (χ0n) is 13.2. The smallest absolute Gasteiger partial charge is 0.267 e. The molecule has 1 aliphatic carbocycles. The highest BCUT2D eigenvalue weighted by molar-refractivity contribution is 6.31. The number of nitrogens with one attached hydrogen (secondary N) is 1. The molecule has 1 fully saturated rings. The lowest BCUT2D eigenvalue weighted by atomic mass is 9.78. The average Bonchev–Trinajstić information content (AvgIpc) is 3.03. The zero-order valence-corrected chi connectivity index (χ0v) is 13.9. The Morgan fingerprint density at radius 2 is 2.04 bits per heavy atom. The molecule has 2 aromatic rings. The van der Waals surface area contributed by atoms with Gasteiger partial charge in [0.05, 0.1) is 0 Å². The van der Waals surface area contributed by atoms with Crippen LogP contribution in [0.2, 0.25) is 5.02 Å². The Bertz CT molecular complexity index is 760. The minimum absolute atomic E-state index is 0.138. The van der Waals surface area contributed by atoms with Gasteiger partial charge >= 0.3 is 0 Å². The van der Waals surface area contributed by atoms with Crippen molar-refractivity contribution >= 4 is 23.2 Å². The van der Waals surface area contributed by atoms with Crippen LogP contribution >= 0.6 is 11.6 Å². The fourth-order valence-corrected chi connectivity index (χ4v) is 3.83. The topological polar surface area (TPSA) is 68.0 Å². The summed E-state index contributed by atoms with van der Waals surface area (Å²) in [5, 5.41) is 3.83. The Balaban J connectivity index is 1.84. The zero-order chi connectivity index (χ0) is 17.2. The van der Waals surface area contributed by atoms with Crippen LogP contribution in [0.3, 0.4) is 0 Å². The van der Waals surface area contributed by atoms with Crippen LogP contribution in [-0.2, 0) is 5.41 Å². The number of amides is 1. The van der Waals surface area contributed by atoms with Gasteiger partial charge in [-0.2, -0.15) is 0 Å². The Kier molecular flexibility index (Phi) is 4.71. The summed E-state index contributed by atoms with van der Waals surface area (Å²) in [6.07, 6.45) is 5.74. The molecule has 1 amide bonds. The van der Waals surface area contributed by atoms with E-state index in [-0.39, 0.29) is 16.9 Å². The summed E-state index contributed by atoms with van der Waals surface area (Å²) in [4.78, 5) is 15.2. The molecule has 0 unspecified atom stereocenters. The van der Waals surface area contributed by atoms with Crippen LogP contribution in [0.4, 0.5) is 10.1 Å². The number of anilines is 1. The van der Waals surface area contributed by atoms with E-state index in [1.807, 2.05) is 0 Å².